The number of esters is 1. The molecule has 1 aromatic rings. The molecule has 0 unspecified atom stereocenters. The summed E-state index contributed by atoms with van der Waals surface area (Å²) in [7, 11) is 0. The highest BCUT2D eigenvalue weighted by molar-refractivity contribution is 5.66. The lowest BCUT2D eigenvalue weighted by molar-refractivity contribution is -0.167. The number of fused-ring (bicyclic) bond motifs is 1. The topological polar surface area (TPSA) is 29.5 Å². The summed E-state index contributed by atoms with van der Waals surface area (Å²) in [6, 6.07) is 11.5. The van der Waals surface area contributed by atoms with Gasteiger partial charge in [-0.1, -0.05) is 43.7 Å². The van der Waals surface area contributed by atoms with E-state index >= 15 is 0 Å². The highest BCUT2D eigenvalue weighted by atomic mass is 16.6. The third-order valence-corrected chi connectivity index (χ3v) is 5.90. The van der Waals surface area contributed by atoms with Crippen molar-refractivity contribution in [2.75, 3.05) is 13.1 Å². The zero-order valence-corrected chi connectivity index (χ0v) is 15.2. The minimum atomic E-state index is -0.206. The van der Waals surface area contributed by atoms with E-state index in [9.17, 15) is 4.79 Å². The molecule has 24 heavy (non-hydrogen) atoms. The van der Waals surface area contributed by atoms with Crippen LogP contribution in [0.2, 0.25) is 0 Å². The van der Waals surface area contributed by atoms with Gasteiger partial charge < -0.3 is 4.74 Å². The van der Waals surface area contributed by atoms with Crippen molar-refractivity contribution in [2.24, 2.45) is 0 Å². The fraction of sp³-hybridized carbons (Fsp3) is 0.667. The first-order valence-corrected chi connectivity index (χ1v) is 9.60. The minimum absolute atomic E-state index is 0.113. The van der Waals surface area contributed by atoms with Gasteiger partial charge in [0.2, 0.25) is 0 Å². The normalized spacial score (nSPS) is 30.6. The molecule has 1 aromatic carbocycles. The zero-order valence-electron chi connectivity index (χ0n) is 15.2. The summed E-state index contributed by atoms with van der Waals surface area (Å²) >= 11 is 0. The number of hydrogen-bond donors (Lipinski definition) is 0. The van der Waals surface area contributed by atoms with Crippen LogP contribution in [0, 0.1) is 0 Å². The lowest BCUT2D eigenvalue weighted by Gasteiger charge is -2.49. The second kappa shape index (κ2) is 7.69. The van der Waals surface area contributed by atoms with Crippen LogP contribution in [0.25, 0.3) is 0 Å². The predicted octanol–water partition coefficient (Wildman–Crippen LogP) is 4.52. The summed E-state index contributed by atoms with van der Waals surface area (Å²) in [6.07, 6.45) is 7.80. The first kappa shape index (κ1) is 17.5. The molecule has 0 bridgehead atoms. The number of ether oxygens (including phenoxy) is 1. The van der Waals surface area contributed by atoms with E-state index in [-0.39, 0.29) is 11.6 Å². The van der Waals surface area contributed by atoms with Gasteiger partial charge in [0, 0.05) is 32.5 Å². The third-order valence-electron chi connectivity index (χ3n) is 5.90. The maximum Gasteiger partial charge on any atom is 0.303 e. The molecule has 2 heterocycles. The summed E-state index contributed by atoms with van der Waals surface area (Å²) < 4.78 is 5.88. The van der Waals surface area contributed by atoms with Crippen LogP contribution < -0.4 is 0 Å². The van der Waals surface area contributed by atoms with Gasteiger partial charge >= 0.3 is 5.97 Å². The van der Waals surface area contributed by atoms with Crippen LogP contribution in [0.4, 0.5) is 0 Å². The standard InChI is InChI=1S/C21H31NO2/c1-3-4-12-21(24-17(2)23)13-14-22-16-19(10-11-20(22)15-21)18-8-6-5-7-9-18/h5-9,19-20H,3-4,10-16H2,1-2H3/t19-,20+,21-/m1/s1. The number of hydrogen-bond acceptors (Lipinski definition) is 3. The second-order valence-corrected chi connectivity index (χ2v) is 7.67. The zero-order chi connectivity index (χ0) is 17.0. The molecular weight excluding hydrogens is 298 g/mol. The van der Waals surface area contributed by atoms with Gasteiger partial charge in [-0.2, -0.15) is 0 Å². The second-order valence-electron chi connectivity index (χ2n) is 7.67. The Morgan fingerprint density at radius 3 is 2.79 bits per heavy atom. The predicted molar refractivity (Wildman–Crippen MR) is 97.0 cm³/mol. The maximum atomic E-state index is 11.6. The fourth-order valence-electron chi connectivity index (χ4n) is 4.66. The van der Waals surface area contributed by atoms with Crippen molar-refractivity contribution in [1.82, 2.24) is 4.90 Å². The highest BCUT2D eigenvalue weighted by Gasteiger charge is 2.43. The van der Waals surface area contributed by atoms with Crippen LogP contribution in [0.15, 0.2) is 30.3 Å². The molecule has 0 spiro atoms. The summed E-state index contributed by atoms with van der Waals surface area (Å²) in [5.41, 5.74) is 1.27. The molecule has 3 nitrogen and oxygen atoms in total. The fourth-order valence-corrected chi connectivity index (χ4v) is 4.66. The van der Waals surface area contributed by atoms with Gasteiger partial charge in [-0.05, 0) is 43.6 Å². The molecule has 0 saturated carbocycles. The van der Waals surface area contributed by atoms with Crippen molar-refractivity contribution >= 4 is 5.97 Å². The van der Waals surface area contributed by atoms with Crippen LogP contribution >= 0.6 is 0 Å². The van der Waals surface area contributed by atoms with Gasteiger partial charge in [-0.3, -0.25) is 9.69 Å². The summed E-state index contributed by atoms with van der Waals surface area (Å²) in [5, 5.41) is 0. The molecule has 3 atom stereocenters. The van der Waals surface area contributed by atoms with Gasteiger partial charge in [-0.25, -0.2) is 0 Å². The van der Waals surface area contributed by atoms with E-state index in [1.165, 1.54) is 18.4 Å². The van der Waals surface area contributed by atoms with Gasteiger partial charge in [-0.15, -0.1) is 0 Å². The first-order valence-electron chi connectivity index (χ1n) is 9.60. The molecular formula is C21H31NO2. The number of unbranched alkanes of at least 4 members (excludes halogenated alkanes) is 1. The molecule has 0 aromatic heterocycles. The Morgan fingerprint density at radius 2 is 2.08 bits per heavy atom. The Balaban J connectivity index is 1.66. The number of piperidine rings is 2. The van der Waals surface area contributed by atoms with E-state index < -0.39 is 0 Å². The average Bonchev–Trinajstić information content (AvgIpc) is 2.60. The van der Waals surface area contributed by atoms with Gasteiger partial charge in [0.25, 0.3) is 0 Å². The van der Waals surface area contributed by atoms with E-state index in [2.05, 4.69) is 42.2 Å². The van der Waals surface area contributed by atoms with Crippen molar-refractivity contribution in [3.05, 3.63) is 35.9 Å². The SMILES string of the molecule is CCCC[C@@]1(OC(C)=O)CCN2C[C@H](c3ccccc3)CC[C@H]2C1. The molecule has 0 aliphatic carbocycles. The third kappa shape index (κ3) is 4.00. The van der Waals surface area contributed by atoms with Crippen molar-refractivity contribution in [2.45, 2.75) is 76.4 Å². The molecule has 2 saturated heterocycles. The smallest absolute Gasteiger partial charge is 0.303 e. The minimum Gasteiger partial charge on any atom is -0.459 e. The molecule has 3 rings (SSSR count). The maximum absolute atomic E-state index is 11.6. The van der Waals surface area contributed by atoms with Gasteiger partial charge in [0.1, 0.15) is 5.60 Å². The number of rotatable bonds is 5. The van der Waals surface area contributed by atoms with Crippen molar-refractivity contribution in [1.29, 1.82) is 0 Å². The van der Waals surface area contributed by atoms with E-state index in [4.69, 9.17) is 4.74 Å². The van der Waals surface area contributed by atoms with Crippen LogP contribution in [-0.4, -0.2) is 35.6 Å². The Labute approximate surface area is 146 Å². The highest BCUT2D eigenvalue weighted by Crippen LogP contribution is 2.41. The van der Waals surface area contributed by atoms with Crippen molar-refractivity contribution in [3.63, 3.8) is 0 Å². The van der Waals surface area contributed by atoms with Crippen LogP contribution in [0.5, 0.6) is 0 Å². The number of nitrogens with zero attached hydrogens (tertiary/aromatic N) is 1. The Morgan fingerprint density at radius 1 is 1.29 bits per heavy atom. The molecule has 0 N–H and O–H groups in total. The van der Waals surface area contributed by atoms with E-state index in [0.29, 0.717) is 12.0 Å². The number of carbonyl (C=O) groups excluding carboxylic acids is 1. The largest absolute Gasteiger partial charge is 0.459 e. The summed E-state index contributed by atoms with van der Waals surface area (Å²) in [6.45, 7) is 5.98. The summed E-state index contributed by atoms with van der Waals surface area (Å²) in [5.74, 6) is 0.539. The number of carbonyl (C=O) groups is 1. The van der Waals surface area contributed by atoms with Crippen LogP contribution in [0.1, 0.15) is 70.3 Å². The van der Waals surface area contributed by atoms with Gasteiger partial charge in [0.05, 0.1) is 0 Å². The molecule has 0 radical (unpaired) electrons. The Hall–Kier alpha value is -1.35. The number of benzene rings is 1. The molecule has 2 aliphatic heterocycles. The van der Waals surface area contributed by atoms with Crippen LogP contribution in [0.3, 0.4) is 0 Å². The molecule has 2 fully saturated rings. The van der Waals surface area contributed by atoms with Crippen molar-refractivity contribution in [3.8, 4) is 0 Å². The van der Waals surface area contributed by atoms with Crippen molar-refractivity contribution < 1.29 is 9.53 Å². The average molecular weight is 329 g/mol. The molecule has 2 aliphatic rings. The molecule has 3 heteroatoms. The lowest BCUT2D eigenvalue weighted by Crippen LogP contribution is -2.54. The van der Waals surface area contributed by atoms with E-state index in [1.807, 2.05) is 0 Å². The summed E-state index contributed by atoms with van der Waals surface area (Å²) in [4.78, 5) is 14.3. The first-order chi connectivity index (χ1) is 11.6. The molecule has 132 valence electrons. The Bertz CT molecular complexity index is 544. The molecule has 0 amide bonds. The lowest BCUT2D eigenvalue weighted by atomic mass is 9.76. The monoisotopic (exact) mass is 329 g/mol. The van der Waals surface area contributed by atoms with E-state index in [1.54, 1.807) is 6.92 Å². The van der Waals surface area contributed by atoms with Gasteiger partial charge in [0.15, 0.2) is 0 Å². The Kier molecular flexibility index (Phi) is 5.60. The van der Waals surface area contributed by atoms with Crippen LogP contribution in [-0.2, 0) is 9.53 Å². The quantitative estimate of drug-likeness (QED) is 0.744. The van der Waals surface area contributed by atoms with E-state index in [0.717, 1.165) is 45.2 Å².